The van der Waals surface area contributed by atoms with E-state index in [2.05, 4.69) is 11.8 Å². The summed E-state index contributed by atoms with van der Waals surface area (Å²) in [7, 11) is 0. The van der Waals surface area contributed by atoms with Gasteiger partial charge in [0, 0.05) is 0 Å². The van der Waals surface area contributed by atoms with Gasteiger partial charge in [-0.2, -0.15) is 0 Å². The predicted molar refractivity (Wildman–Crippen MR) is 61.9 cm³/mol. The fraction of sp³-hybridized carbons (Fsp3) is 0.500. The van der Waals surface area contributed by atoms with Crippen molar-refractivity contribution in [1.29, 1.82) is 0 Å². The summed E-state index contributed by atoms with van der Waals surface area (Å²) >= 11 is 0. The van der Waals surface area contributed by atoms with Crippen LogP contribution in [0.4, 0.5) is 0 Å². The fourth-order valence-corrected chi connectivity index (χ4v) is 1.91. The quantitative estimate of drug-likeness (QED) is 0.584. The molecule has 0 unspecified atom stereocenters. The molecule has 0 aliphatic heterocycles. The third kappa shape index (κ3) is 2.15. The molecule has 0 N–H and O–H groups in total. The van der Waals surface area contributed by atoms with Crippen molar-refractivity contribution >= 4 is 0 Å². The van der Waals surface area contributed by atoms with Gasteiger partial charge < -0.3 is 4.84 Å². The molecule has 0 radical (unpaired) electrons. The Morgan fingerprint density at radius 3 is 1.69 bits per heavy atom. The third-order valence-electron chi connectivity index (χ3n) is 3.47. The van der Waals surface area contributed by atoms with Crippen LogP contribution in [0.15, 0.2) is 0 Å². The molecule has 1 rings (SSSR count). The first-order valence-corrected chi connectivity index (χ1v) is 5.19. The van der Waals surface area contributed by atoms with Crippen LogP contribution >= 0.6 is 0 Å². The van der Waals surface area contributed by atoms with Gasteiger partial charge in [-0.05, 0) is 68.0 Å². The molecule has 0 aliphatic rings. The van der Waals surface area contributed by atoms with E-state index in [0.717, 1.165) is 16.7 Å². The van der Waals surface area contributed by atoms with E-state index < -0.39 is 5.09 Å². The highest BCUT2D eigenvalue weighted by atomic mass is 16.9. The van der Waals surface area contributed by atoms with E-state index in [-0.39, 0.29) is 6.61 Å². The normalized spacial score (nSPS) is 10.3. The summed E-state index contributed by atoms with van der Waals surface area (Å²) in [5.41, 5.74) is 6.72. The number of hydrogen-bond acceptors (Lipinski definition) is 3. The van der Waals surface area contributed by atoms with Gasteiger partial charge in [0.1, 0.15) is 6.61 Å². The lowest BCUT2D eigenvalue weighted by Gasteiger charge is -2.17. The van der Waals surface area contributed by atoms with Crippen molar-refractivity contribution in [2.45, 2.75) is 41.2 Å². The molecule has 0 aromatic heterocycles. The van der Waals surface area contributed by atoms with Crippen LogP contribution in [0.25, 0.3) is 0 Å². The Morgan fingerprint density at radius 1 is 0.938 bits per heavy atom. The molecule has 0 saturated heterocycles. The molecule has 1 aromatic carbocycles. The summed E-state index contributed by atoms with van der Waals surface area (Å²) in [6, 6.07) is 0. The van der Waals surface area contributed by atoms with Crippen molar-refractivity contribution < 1.29 is 9.92 Å². The van der Waals surface area contributed by atoms with Crippen LogP contribution in [0.1, 0.15) is 33.4 Å². The smallest absolute Gasteiger partial charge is 0.294 e. The van der Waals surface area contributed by atoms with Crippen LogP contribution in [-0.4, -0.2) is 5.09 Å². The lowest BCUT2D eigenvalue weighted by molar-refractivity contribution is -0.763. The van der Waals surface area contributed by atoms with Crippen molar-refractivity contribution in [2.75, 3.05) is 0 Å². The molecule has 0 saturated carbocycles. The minimum Gasteiger partial charge on any atom is -0.309 e. The van der Waals surface area contributed by atoms with Gasteiger partial charge in [0.2, 0.25) is 0 Å². The van der Waals surface area contributed by atoms with Gasteiger partial charge in [0.25, 0.3) is 5.09 Å². The average Bonchev–Trinajstić information content (AvgIpc) is 2.23. The van der Waals surface area contributed by atoms with Crippen LogP contribution in [0.5, 0.6) is 0 Å². The summed E-state index contributed by atoms with van der Waals surface area (Å²) in [6.45, 7) is 10.1. The highest BCUT2D eigenvalue weighted by molar-refractivity contribution is 5.49. The highest BCUT2D eigenvalue weighted by Crippen LogP contribution is 2.26. The standard InChI is InChI=1S/C12H17NO3/c1-7-8(2)10(4)12(6-16-13(14)15)11(5)9(7)3/h6H2,1-5H3. The Labute approximate surface area is 95.3 Å². The molecule has 4 heteroatoms. The monoisotopic (exact) mass is 223 g/mol. The van der Waals surface area contributed by atoms with Crippen LogP contribution in [0.2, 0.25) is 0 Å². The molecular weight excluding hydrogens is 206 g/mol. The molecule has 0 spiro atoms. The second kappa shape index (κ2) is 4.51. The summed E-state index contributed by atoms with van der Waals surface area (Å²) in [4.78, 5) is 14.7. The van der Waals surface area contributed by atoms with Crippen molar-refractivity contribution in [3.05, 3.63) is 43.5 Å². The minimum absolute atomic E-state index is 0.0344. The van der Waals surface area contributed by atoms with Gasteiger partial charge >= 0.3 is 0 Å². The number of nitrogens with zero attached hydrogens (tertiary/aromatic N) is 1. The van der Waals surface area contributed by atoms with Crippen LogP contribution in [-0.2, 0) is 11.4 Å². The summed E-state index contributed by atoms with van der Waals surface area (Å²) in [5.74, 6) is 0. The minimum atomic E-state index is -0.747. The number of hydrogen-bond donors (Lipinski definition) is 0. The molecule has 88 valence electrons. The van der Waals surface area contributed by atoms with Crippen molar-refractivity contribution in [1.82, 2.24) is 0 Å². The maximum Gasteiger partial charge on any atom is 0.294 e. The maximum atomic E-state index is 10.2. The zero-order chi connectivity index (χ0) is 12.5. The van der Waals surface area contributed by atoms with Crippen LogP contribution in [0.3, 0.4) is 0 Å². The van der Waals surface area contributed by atoms with E-state index in [9.17, 15) is 10.1 Å². The number of benzene rings is 1. The van der Waals surface area contributed by atoms with Gasteiger partial charge in [0.05, 0.1) is 0 Å². The van der Waals surface area contributed by atoms with Gasteiger partial charge in [-0.25, -0.2) is 0 Å². The molecule has 4 nitrogen and oxygen atoms in total. The zero-order valence-electron chi connectivity index (χ0n) is 10.4. The average molecular weight is 223 g/mol. The summed E-state index contributed by atoms with van der Waals surface area (Å²) in [6.07, 6.45) is 0. The first kappa shape index (κ1) is 12.5. The van der Waals surface area contributed by atoms with E-state index in [1.807, 2.05) is 27.7 Å². The lowest BCUT2D eigenvalue weighted by atomic mass is 9.90. The predicted octanol–water partition coefficient (Wildman–Crippen LogP) is 2.94. The van der Waals surface area contributed by atoms with E-state index >= 15 is 0 Å². The first-order valence-electron chi connectivity index (χ1n) is 5.19. The van der Waals surface area contributed by atoms with Gasteiger partial charge in [-0.15, -0.1) is 10.1 Å². The van der Waals surface area contributed by atoms with E-state index in [4.69, 9.17) is 0 Å². The van der Waals surface area contributed by atoms with E-state index in [0.29, 0.717) is 0 Å². The molecule has 0 heterocycles. The van der Waals surface area contributed by atoms with Gasteiger partial charge in [0.15, 0.2) is 0 Å². The SMILES string of the molecule is Cc1c(C)c(C)c(CO[N+](=O)[O-])c(C)c1C. The van der Waals surface area contributed by atoms with Crippen molar-refractivity contribution in [2.24, 2.45) is 0 Å². The second-order valence-corrected chi connectivity index (χ2v) is 4.10. The Morgan fingerprint density at radius 2 is 1.31 bits per heavy atom. The lowest BCUT2D eigenvalue weighted by Crippen LogP contribution is -2.07. The fourth-order valence-electron chi connectivity index (χ4n) is 1.91. The van der Waals surface area contributed by atoms with Crippen molar-refractivity contribution in [3.8, 4) is 0 Å². The largest absolute Gasteiger partial charge is 0.309 e. The Kier molecular flexibility index (Phi) is 3.52. The molecule has 1 aromatic rings. The van der Waals surface area contributed by atoms with Crippen LogP contribution in [0, 0.1) is 44.7 Å². The topological polar surface area (TPSA) is 52.4 Å². The molecule has 0 amide bonds. The van der Waals surface area contributed by atoms with Gasteiger partial charge in [-0.3, -0.25) is 0 Å². The molecular formula is C12H17NO3. The summed E-state index contributed by atoms with van der Waals surface area (Å²) < 4.78 is 0. The third-order valence-corrected chi connectivity index (χ3v) is 3.47. The molecule has 0 bridgehead atoms. The number of rotatable bonds is 3. The Bertz CT molecular complexity index is 409. The molecule has 0 aliphatic carbocycles. The molecule has 0 fully saturated rings. The Hall–Kier alpha value is -1.58. The molecule has 16 heavy (non-hydrogen) atoms. The summed E-state index contributed by atoms with van der Waals surface area (Å²) in [5, 5.41) is 9.47. The van der Waals surface area contributed by atoms with E-state index in [1.54, 1.807) is 0 Å². The van der Waals surface area contributed by atoms with Gasteiger partial charge in [-0.1, -0.05) is 0 Å². The highest BCUT2D eigenvalue weighted by Gasteiger charge is 2.12. The second-order valence-electron chi connectivity index (χ2n) is 4.10. The first-order chi connectivity index (χ1) is 7.36. The van der Waals surface area contributed by atoms with Crippen molar-refractivity contribution in [3.63, 3.8) is 0 Å². The zero-order valence-corrected chi connectivity index (χ0v) is 10.4. The van der Waals surface area contributed by atoms with E-state index in [1.165, 1.54) is 16.7 Å². The maximum absolute atomic E-state index is 10.2. The van der Waals surface area contributed by atoms with Crippen LogP contribution < -0.4 is 0 Å². The Balaban J connectivity index is 3.23. The molecule has 0 atom stereocenters.